The topological polar surface area (TPSA) is 74.7 Å². The van der Waals surface area contributed by atoms with Gasteiger partial charge in [-0.3, -0.25) is 9.59 Å². The van der Waals surface area contributed by atoms with Crippen LogP contribution >= 0.6 is 23.2 Å². The lowest BCUT2D eigenvalue weighted by Gasteiger charge is -2.54. The summed E-state index contributed by atoms with van der Waals surface area (Å²) < 4.78 is 0. The predicted molar refractivity (Wildman–Crippen MR) is 119 cm³/mol. The second-order valence-corrected chi connectivity index (χ2v) is 9.53. The van der Waals surface area contributed by atoms with Crippen molar-refractivity contribution in [3.8, 4) is 0 Å². The smallest absolute Gasteiger partial charge is 0.335 e. The number of carbonyl (C=O) groups excluding carboxylic acids is 2. The fourth-order valence-corrected chi connectivity index (χ4v) is 6.80. The van der Waals surface area contributed by atoms with Gasteiger partial charge in [-0.05, 0) is 40.5 Å². The summed E-state index contributed by atoms with van der Waals surface area (Å²) in [6, 6.07) is 20.6. The second-order valence-electron chi connectivity index (χ2n) is 8.34. The van der Waals surface area contributed by atoms with Crippen molar-refractivity contribution in [2.45, 2.75) is 9.75 Å². The largest absolute Gasteiger partial charge is 0.478 e. The standard InChI is InChI=1S/C25H15Cl2NO4/c26-24-15-8-1-2-9-16(15)25(27,18-11-4-3-10-17(18)24)20-19(24)21(29)28(22(20)30)14-7-5-6-13(12-14)23(31)32/h1-12,19-20H,(H,31,32)/t19-,20+,24?,25?. The van der Waals surface area contributed by atoms with Gasteiger partial charge in [0.25, 0.3) is 0 Å². The number of alkyl halides is 2. The highest BCUT2D eigenvalue weighted by atomic mass is 35.5. The third kappa shape index (κ3) is 2.08. The molecular weight excluding hydrogens is 449 g/mol. The Morgan fingerprint density at radius 3 is 1.59 bits per heavy atom. The zero-order valence-corrected chi connectivity index (χ0v) is 18.0. The van der Waals surface area contributed by atoms with Gasteiger partial charge < -0.3 is 5.11 Å². The Bertz CT molecular complexity index is 1250. The van der Waals surface area contributed by atoms with Crippen LogP contribution < -0.4 is 4.90 Å². The van der Waals surface area contributed by atoms with Gasteiger partial charge >= 0.3 is 5.97 Å². The third-order valence-corrected chi connectivity index (χ3v) is 8.22. The lowest BCUT2D eigenvalue weighted by Crippen LogP contribution is -2.57. The van der Waals surface area contributed by atoms with E-state index in [0.717, 1.165) is 27.2 Å². The number of carboxylic acid groups (broad SMARTS) is 1. The van der Waals surface area contributed by atoms with E-state index in [9.17, 15) is 19.5 Å². The Morgan fingerprint density at radius 1 is 0.750 bits per heavy atom. The average Bonchev–Trinajstić information content (AvgIpc) is 3.08. The first-order valence-corrected chi connectivity index (χ1v) is 10.9. The van der Waals surface area contributed by atoms with E-state index < -0.39 is 39.4 Å². The summed E-state index contributed by atoms with van der Waals surface area (Å²) in [4.78, 5) is 37.6. The van der Waals surface area contributed by atoms with Crippen LogP contribution in [0, 0.1) is 11.8 Å². The number of amides is 2. The van der Waals surface area contributed by atoms with Crippen molar-refractivity contribution < 1.29 is 19.5 Å². The minimum Gasteiger partial charge on any atom is -0.478 e. The van der Waals surface area contributed by atoms with Crippen LogP contribution in [0.3, 0.4) is 0 Å². The van der Waals surface area contributed by atoms with E-state index in [1.54, 1.807) is 6.07 Å². The summed E-state index contributed by atoms with van der Waals surface area (Å²) in [6.07, 6.45) is 0. The van der Waals surface area contributed by atoms with Crippen LogP contribution in [0.1, 0.15) is 32.6 Å². The molecule has 0 unspecified atom stereocenters. The van der Waals surface area contributed by atoms with Crippen molar-refractivity contribution >= 4 is 46.7 Å². The number of imide groups is 1. The van der Waals surface area contributed by atoms with Crippen molar-refractivity contribution in [1.82, 2.24) is 0 Å². The van der Waals surface area contributed by atoms with Crippen LogP contribution in [0.25, 0.3) is 0 Å². The van der Waals surface area contributed by atoms with Crippen molar-refractivity contribution in [2.24, 2.45) is 11.8 Å². The first kappa shape index (κ1) is 19.5. The van der Waals surface area contributed by atoms with Crippen LogP contribution in [0.15, 0.2) is 72.8 Å². The molecule has 3 aromatic rings. The fraction of sp³-hybridized carbons (Fsp3) is 0.160. The molecule has 1 fully saturated rings. The van der Waals surface area contributed by atoms with E-state index in [2.05, 4.69) is 0 Å². The zero-order valence-electron chi connectivity index (χ0n) is 16.5. The van der Waals surface area contributed by atoms with Crippen molar-refractivity contribution in [1.29, 1.82) is 0 Å². The van der Waals surface area contributed by atoms with Crippen molar-refractivity contribution in [3.63, 3.8) is 0 Å². The molecule has 3 aromatic carbocycles. The normalized spacial score (nSPS) is 29.5. The van der Waals surface area contributed by atoms with Gasteiger partial charge in [-0.1, -0.05) is 54.6 Å². The number of nitrogens with zero attached hydrogens (tertiary/aromatic N) is 1. The molecule has 1 aliphatic heterocycles. The van der Waals surface area contributed by atoms with Crippen molar-refractivity contribution in [2.75, 3.05) is 4.90 Å². The lowest BCUT2D eigenvalue weighted by molar-refractivity contribution is -0.122. The molecule has 158 valence electrons. The monoisotopic (exact) mass is 463 g/mol. The molecule has 1 N–H and O–H groups in total. The maximum atomic E-state index is 13.8. The Labute approximate surface area is 193 Å². The summed E-state index contributed by atoms with van der Waals surface area (Å²) in [6.45, 7) is 0. The van der Waals surface area contributed by atoms with Gasteiger partial charge in [-0.2, -0.15) is 0 Å². The predicted octanol–water partition coefficient (Wildman–Crippen LogP) is 4.48. The van der Waals surface area contributed by atoms with E-state index in [1.807, 2.05) is 48.5 Å². The van der Waals surface area contributed by atoms with Gasteiger partial charge in [0.1, 0.15) is 9.75 Å². The number of benzene rings is 3. The van der Waals surface area contributed by atoms with E-state index in [0.29, 0.717) is 0 Å². The third-order valence-electron chi connectivity index (χ3n) is 6.94. The average molecular weight is 464 g/mol. The Hall–Kier alpha value is -3.15. The van der Waals surface area contributed by atoms with Crippen LogP contribution in [0.4, 0.5) is 5.69 Å². The van der Waals surface area contributed by atoms with Gasteiger partial charge in [-0.15, -0.1) is 23.2 Å². The molecule has 32 heavy (non-hydrogen) atoms. The van der Waals surface area contributed by atoms with Crippen LogP contribution in [0.2, 0.25) is 0 Å². The molecule has 7 heteroatoms. The Balaban J connectivity index is 1.63. The van der Waals surface area contributed by atoms with E-state index >= 15 is 0 Å². The minimum atomic E-state index is -1.26. The molecule has 7 rings (SSSR count). The van der Waals surface area contributed by atoms with Crippen LogP contribution in [-0.2, 0) is 19.3 Å². The number of anilines is 1. The first-order valence-electron chi connectivity index (χ1n) is 10.1. The van der Waals surface area contributed by atoms with E-state index in [-0.39, 0.29) is 11.3 Å². The van der Waals surface area contributed by atoms with Gasteiger partial charge in [0.05, 0.1) is 23.1 Å². The maximum absolute atomic E-state index is 13.8. The molecule has 3 aliphatic carbocycles. The second kappa shape index (κ2) is 6.21. The molecule has 4 aliphatic rings. The number of hydrogen-bond acceptors (Lipinski definition) is 3. The maximum Gasteiger partial charge on any atom is 0.335 e. The summed E-state index contributed by atoms with van der Waals surface area (Å²) in [7, 11) is 0. The van der Waals surface area contributed by atoms with E-state index in [1.165, 1.54) is 18.2 Å². The van der Waals surface area contributed by atoms with E-state index in [4.69, 9.17) is 23.2 Å². The molecule has 2 amide bonds. The Morgan fingerprint density at radius 2 is 1.19 bits per heavy atom. The number of carbonyl (C=O) groups is 3. The quantitative estimate of drug-likeness (QED) is 0.448. The number of rotatable bonds is 2. The number of aromatic carboxylic acids is 1. The molecule has 0 spiro atoms. The fourth-order valence-electron chi connectivity index (χ4n) is 5.70. The highest BCUT2D eigenvalue weighted by Gasteiger charge is 2.73. The number of halogens is 2. The molecule has 5 nitrogen and oxygen atoms in total. The highest BCUT2D eigenvalue weighted by Crippen LogP contribution is 2.69. The molecule has 1 heterocycles. The van der Waals surface area contributed by atoms with Gasteiger partial charge in [-0.25, -0.2) is 9.69 Å². The van der Waals surface area contributed by atoms with Crippen LogP contribution in [0.5, 0.6) is 0 Å². The summed E-state index contributed by atoms with van der Waals surface area (Å²) in [5, 5.41) is 9.37. The molecule has 2 atom stereocenters. The molecule has 0 aromatic heterocycles. The van der Waals surface area contributed by atoms with Gasteiger partial charge in [0.15, 0.2) is 0 Å². The highest BCUT2D eigenvalue weighted by molar-refractivity contribution is 6.38. The Kier molecular flexibility index (Phi) is 3.79. The summed E-state index contributed by atoms with van der Waals surface area (Å²) in [5.41, 5.74) is 3.06. The molecule has 0 radical (unpaired) electrons. The minimum absolute atomic E-state index is 0.0197. The molecule has 0 saturated carbocycles. The molecule has 2 bridgehead atoms. The number of hydrogen-bond donors (Lipinski definition) is 1. The van der Waals surface area contributed by atoms with Gasteiger partial charge in [0.2, 0.25) is 11.8 Å². The van der Waals surface area contributed by atoms with Crippen molar-refractivity contribution in [3.05, 3.63) is 101 Å². The SMILES string of the molecule is O=C(O)c1cccc(N2C(=O)[C@@H]3[C@H](C2=O)C2(Cl)c4ccccc4C3(Cl)c3ccccc32)c1. The summed E-state index contributed by atoms with van der Waals surface area (Å²) in [5.74, 6) is -3.95. The first-order chi connectivity index (χ1) is 15.3. The summed E-state index contributed by atoms with van der Waals surface area (Å²) >= 11 is 14.7. The van der Waals surface area contributed by atoms with Crippen LogP contribution in [-0.4, -0.2) is 22.9 Å². The zero-order chi connectivity index (χ0) is 22.4. The lowest BCUT2D eigenvalue weighted by atomic mass is 9.54. The molecule has 1 saturated heterocycles. The van der Waals surface area contributed by atoms with Gasteiger partial charge in [0, 0.05) is 0 Å². The number of carboxylic acids is 1. The molecular formula is C25H15Cl2NO4.